The second kappa shape index (κ2) is 14.6. The third-order valence-corrected chi connectivity index (χ3v) is 8.84. The number of methoxy groups -OCH3 is 4. The first-order chi connectivity index (χ1) is 21.9. The topological polar surface area (TPSA) is 81.6 Å². The molecule has 1 heterocycles. The summed E-state index contributed by atoms with van der Waals surface area (Å²) in [5.74, 6) is 2.96. The lowest BCUT2D eigenvalue weighted by molar-refractivity contribution is -0.116. The van der Waals surface area contributed by atoms with Gasteiger partial charge in [0.05, 0.1) is 34.2 Å². The quantitative estimate of drug-likeness (QED) is 0.251. The summed E-state index contributed by atoms with van der Waals surface area (Å²) in [5.41, 5.74) is 6.36. The predicted molar refractivity (Wildman–Crippen MR) is 183 cm³/mol. The number of nitrogens with zero attached hydrogens (tertiary/aromatic N) is 2. The molecule has 0 spiro atoms. The fraction of sp³-hybridized carbons (Fsp3) is 0.333. The molecule has 5 rings (SSSR count). The van der Waals surface area contributed by atoms with Crippen LogP contribution in [0.1, 0.15) is 50.3 Å². The molecular weight excluding hydrogens is 586 g/mol. The first-order valence-electron chi connectivity index (χ1n) is 15.1. The van der Waals surface area contributed by atoms with Gasteiger partial charge in [-0.15, -0.1) is 0 Å². The maximum absolute atomic E-state index is 13.6. The average Bonchev–Trinajstić information content (AvgIpc) is 3.07. The molecular formula is C36H41N3O5S. The minimum atomic E-state index is -0.233. The van der Waals surface area contributed by atoms with Crippen molar-refractivity contribution in [3.63, 3.8) is 0 Å². The largest absolute Gasteiger partial charge is 0.493 e. The molecule has 8 nitrogen and oxygen atoms in total. The number of allylic oxidation sites excluding steroid dienone is 1. The molecule has 45 heavy (non-hydrogen) atoms. The average molecular weight is 628 g/mol. The Morgan fingerprint density at radius 2 is 1.58 bits per heavy atom. The zero-order valence-corrected chi connectivity index (χ0v) is 27.6. The molecule has 1 aliphatic heterocycles. The van der Waals surface area contributed by atoms with Crippen molar-refractivity contribution in [1.29, 1.82) is 0 Å². The molecule has 1 amide bonds. The van der Waals surface area contributed by atoms with Crippen molar-refractivity contribution in [2.75, 3.05) is 39.1 Å². The van der Waals surface area contributed by atoms with Crippen LogP contribution >= 0.6 is 11.8 Å². The number of carbonyl (C=O) groups is 1. The van der Waals surface area contributed by atoms with Crippen LogP contribution in [0.3, 0.4) is 0 Å². The number of hydrogen-bond acceptors (Lipinski definition) is 8. The van der Waals surface area contributed by atoms with Gasteiger partial charge < -0.3 is 29.2 Å². The maximum Gasteiger partial charge on any atom is 0.237 e. The summed E-state index contributed by atoms with van der Waals surface area (Å²) in [6.07, 6.45) is 5.01. The van der Waals surface area contributed by atoms with Crippen LogP contribution < -0.4 is 29.2 Å². The van der Waals surface area contributed by atoms with Crippen molar-refractivity contribution >= 4 is 34.6 Å². The molecule has 2 aliphatic rings. The predicted octanol–water partition coefficient (Wildman–Crippen LogP) is 7.42. The van der Waals surface area contributed by atoms with Gasteiger partial charge in [-0.05, 0) is 97.9 Å². The van der Waals surface area contributed by atoms with E-state index in [-0.39, 0.29) is 23.7 Å². The highest BCUT2D eigenvalue weighted by atomic mass is 32.2. The van der Waals surface area contributed by atoms with E-state index in [2.05, 4.69) is 11.4 Å². The van der Waals surface area contributed by atoms with E-state index in [0.29, 0.717) is 28.2 Å². The van der Waals surface area contributed by atoms with E-state index in [1.54, 1.807) is 28.4 Å². The van der Waals surface area contributed by atoms with Gasteiger partial charge >= 0.3 is 0 Å². The minimum Gasteiger partial charge on any atom is -0.493 e. The molecule has 1 N–H and O–H groups in total. The third kappa shape index (κ3) is 7.14. The molecule has 1 atom stereocenters. The number of para-hydroxylation sites is 1. The SMILES string of the molecule is COc1ccc(/C=C2\CCCC3=C2NC(SCC(=O)N(c2ccccc2)C(C)C)=N[C@H]3c2ccc(OC)c(OC)c2)cc1OC. The molecule has 9 heteroatoms. The number of amides is 1. The highest BCUT2D eigenvalue weighted by Crippen LogP contribution is 2.43. The van der Waals surface area contributed by atoms with Crippen LogP contribution in [0.2, 0.25) is 0 Å². The summed E-state index contributed by atoms with van der Waals surface area (Å²) in [7, 11) is 6.56. The molecule has 0 saturated heterocycles. The minimum absolute atomic E-state index is 0.0185. The van der Waals surface area contributed by atoms with E-state index in [1.807, 2.05) is 85.5 Å². The number of ether oxygens (including phenoxy) is 4. The third-order valence-electron chi connectivity index (χ3n) is 7.97. The molecule has 0 aromatic heterocycles. The van der Waals surface area contributed by atoms with Crippen molar-refractivity contribution in [1.82, 2.24) is 5.32 Å². The maximum atomic E-state index is 13.6. The van der Waals surface area contributed by atoms with E-state index in [4.69, 9.17) is 23.9 Å². The van der Waals surface area contributed by atoms with Crippen molar-refractivity contribution in [2.45, 2.75) is 45.2 Å². The number of anilines is 1. The van der Waals surface area contributed by atoms with Crippen LogP contribution in [0.25, 0.3) is 6.08 Å². The Kier molecular flexibility index (Phi) is 10.4. The van der Waals surface area contributed by atoms with Gasteiger partial charge in [-0.25, -0.2) is 4.99 Å². The standard InChI is InChI=1S/C36H41N3O5S/c1-23(2)39(27-12-8-7-9-13-27)33(40)22-45-36-37-34-25(19-24-15-17-29(41-3)31(20-24)43-5)11-10-14-28(34)35(38-36)26-16-18-30(42-4)32(21-26)44-6/h7-9,12-13,15-21,23,35H,10-11,14,22H2,1-6H3,(H,37,38)/b25-19+/t35-/m0/s1. The van der Waals surface area contributed by atoms with E-state index >= 15 is 0 Å². The van der Waals surface area contributed by atoms with E-state index in [1.165, 1.54) is 22.9 Å². The number of hydrogen-bond donors (Lipinski definition) is 1. The van der Waals surface area contributed by atoms with Gasteiger partial charge in [0.25, 0.3) is 0 Å². The van der Waals surface area contributed by atoms with Gasteiger partial charge in [0.15, 0.2) is 28.2 Å². The molecule has 3 aromatic carbocycles. The number of aliphatic imine (C=N–C) groups is 1. The fourth-order valence-electron chi connectivity index (χ4n) is 5.87. The summed E-state index contributed by atoms with van der Waals surface area (Å²) in [4.78, 5) is 20.6. The van der Waals surface area contributed by atoms with Gasteiger partial charge in [-0.1, -0.05) is 42.1 Å². The highest BCUT2D eigenvalue weighted by Gasteiger charge is 2.31. The Morgan fingerprint density at radius 1 is 0.911 bits per heavy atom. The monoisotopic (exact) mass is 627 g/mol. The van der Waals surface area contributed by atoms with Crippen LogP contribution in [-0.2, 0) is 4.79 Å². The number of rotatable bonds is 10. The number of amidine groups is 1. The lowest BCUT2D eigenvalue weighted by Crippen LogP contribution is -2.39. The second-order valence-corrected chi connectivity index (χ2v) is 12.1. The zero-order chi connectivity index (χ0) is 31.9. The zero-order valence-electron chi connectivity index (χ0n) is 26.8. The molecule has 0 radical (unpaired) electrons. The lowest BCUT2D eigenvalue weighted by Gasteiger charge is -2.33. The highest BCUT2D eigenvalue weighted by molar-refractivity contribution is 8.14. The van der Waals surface area contributed by atoms with Crippen molar-refractivity contribution in [2.24, 2.45) is 4.99 Å². The number of benzene rings is 3. The van der Waals surface area contributed by atoms with Crippen LogP contribution in [0.15, 0.2) is 88.6 Å². The molecule has 0 unspecified atom stereocenters. The van der Waals surface area contributed by atoms with Crippen molar-refractivity contribution in [3.8, 4) is 23.0 Å². The summed E-state index contributed by atoms with van der Waals surface area (Å²) >= 11 is 1.43. The van der Waals surface area contributed by atoms with Gasteiger partial charge in [-0.2, -0.15) is 0 Å². The molecule has 0 fully saturated rings. The number of nitrogens with one attached hydrogen (secondary N) is 1. The number of carbonyl (C=O) groups excluding carboxylic acids is 1. The molecule has 3 aromatic rings. The summed E-state index contributed by atoms with van der Waals surface area (Å²) in [6.45, 7) is 4.06. The van der Waals surface area contributed by atoms with Gasteiger partial charge in [0.1, 0.15) is 6.04 Å². The van der Waals surface area contributed by atoms with Gasteiger partial charge in [0.2, 0.25) is 5.91 Å². The van der Waals surface area contributed by atoms with Gasteiger partial charge in [-0.3, -0.25) is 4.79 Å². The normalized spacial score (nSPS) is 16.9. The lowest BCUT2D eigenvalue weighted by atomic mass is 9.84. The van der Waals surface area contributed by atoms with Crippen LogP contribution in [0.4, 0.5) is 5.69 Å². The Bertz CT molecular complexity index is 1620. The van der Waals surface area contributed by atoms with Crippen LogP contribution in [-0.4, -0.2) is 51.3 Å². The first kappa shape index (κ1) is 32.0. The summed E-state index contributed by atoms with van der Waals surface area (Å²) in [5, 5.41) is 4.34. The van der Waals surface area contributed by atoms with Crippen LogP contribution in [0, 0.1) is 0 Å². The van der Waals surface area contributed by atoms with E-state index in [0.717, 1.165) is 41.8 Å². The van der Waals surface area contributed by atoms with Crippen molar-refractivity contribution < 1.29 is 23.7 Å². The van der Waals surface area contributed by atoms with Gasteiger partial charge in [0, 0.05) is 17.4 Å². The molecule has 0 saturated carbocycles. The Labute approximate surface area is 270 Å². The Hall–Kier alpha value is -4.37. The second-order valence-electron chi connectivity index (χ2n) is 11.1. The molecule has 1 aliphatic carbocycles. The molecule has 0 bridgehead atoms. The smallest absolute Gasteiger partial charge is 0.237 e. The molecule has 236 valence electrons. The van der Waals surface area contributed by atoms with E-state index < -0.39 is 0 Å². The Morgan fingerprint density at radius 3 is 2.24 bits per heavy atom. The fourth-order valence-corrected chi connectivity index (χ4v) is 6.63. The van der Waals surface area contributed by atoms with E-state index in [9.17, 15) is 4.79 Å². The Balaban J connectivity index is 1.50. The first-order valence-corrected chi connectivity index (χ1v) is 16.1. The number of thioether (sulfide) groups is 1. The summed E-state index contributed by atoms with van der Waals surface area (Å²) < 4.78 is 22.2. The summed E-state index contributed by atoms with van der Waals surface area (Å²) in [6, 6.07) is 21.5. The van der Waals surface area contributed by atoms with Crippen molar-refractivity contribution in [3.05, 3.63) is 94.7 Å². The van der Waals surface area contributed by atoms with Crippen LogP contribution in [0.5, 0.6) is 23.0 Å².